The Kier molecular flexibility index (Phi) is 3.09. The van der Waals surface area contributed by atoms with Crippen LogP contribution >= 0.6 is 23.2 Å². The average Bonchev–Trinajstić information content (AvgIpc) is 2.39. The van der Waals surface area contributed by atoms with E-state index in [1.165, 1.54) is 6.07 Å². The number of hydrogen-bond acceptors (Lipinski definition) is 2. The maximum absolute atomic E-state index is 13.7. The molecule has 1 aromatic heterocycles. The number of rotatable bonds is 1. The molecule has 0 atom stereocenters. The summed E-state index contributed by atoms with van der Waals surface area (Å²) in [6.45, 7) is 0. The second kappa shape index (κ2) is 4.76. The highest BCUT2D eigenvalue weighted by Gasteiger charge is 2.12. The van der Waals surface area contributed by atoms with Crippen molar-refractivity contribution in [2.24, 2.45) is 0 Å². The Morgan fingerprint density at radius 3 is 2.47 bits per heavy atom. The topological polar surface area (TPSA) is 25.8 Å². The number of benzene rings is 2. The number of nitrogens with zero attached hydrogens (tertiary/aromatic N) is 2. The minimum atomic E-state index is -0.389. The lowest BCUT2D eigenvalue weighted by Gasteiger charge is -2.06. The molecule has 1 heterocycles. The maximum atomic E-state index is 13.7. The quantitative estimate of drug-likeness (QED) is 0.605. The van der Waals surface area contributed by atoms with Crippen LogP contribution in [0.3, 0.4) is 0 Å². The zero-order valence-corrected chi connectivity index (χ0v) is 11.1. The van der Waals surface area contributed by atoms with Crippen molar-refractivity contribution in [3.8, 4) is 11.4 Å². The van der Waals surface area contributed by atoms with E-state index in [4.69, 9.17) is 23.2 Å². The second-order valence-electron chi connectivity index (χ2n) is 3.95. The van der Waals surface area contributed by atoms with Crippen molar-refractivity contribution in [3.05, 3.63) is 58.5 Å². The van der Waals surface area contributed by atoms with Gasteiger partial charge in [-0.15, -0.1) is 0 Å². The van der Waals surface area contributed by atoms with E-state index in [2.05, 4.69) is 9.97 Å². The summed E-state index contributed by atoms with van der Waals surface area (Å²) in [5.74, 6) is -0.141. The van der Waals surface area contributed by atoms with Crippen LogP contribution in [-0.4, -0.2) is 9.97 Å². The predicted octanol–water partition coefficient (Wildman–Crippen LogP) is 4.74. The van der Waals surface area contributed by atoms with Crippen molar-refractivity contribution in [1.29, 1.82) is 0 Å². The van der Waals surface area contributed by atoms with Gasteiger partial charge in [0.15, 0.2) is 5.82 Å². The van der Waals surface area contributed by atoms with Crippen LogP contribution in [0.4, 0.5) is 4.39 Å². The Morgan fingerprint density at radius 2 is 1.68 bits per heavy atom. The monoisotopic (exact) mass is 292 g/mol. The summed E-state index contributed by atoms with van der Waals surface area (Å²) in [5, 5.41) is 1.27. The Bertz CT molecular complexity index is 774. The fraction of sp³-hybridized carbons (Fsp3) is 0. The minimum Gasteiger partial charge on any atom is -0.228 e. The predicted molar refractivity (Wildman–Crippen MR) is 75.0 cm³/mol. The third-order valence-corrected chi connectivity index (χ3v) is 3.33. The highest BCUT2D eigenvalue weighted by Crippen LogP contribution is 2.30. The van der Waals surface area contributed by atoms with E-state index < -0.39 is 0 Å². The molecule has 0 amide bonds. The molecular formula is C14H7Cl2FN2. The van der Waals surface area contributed by atoms with Crippen LogP contribution in [0, 0.1) is 5.82 Å². The van der Waals surface area contributed by atoms with E-state index in [0.29, 0.717) is 21.5 Å². The molecule has 0 N–H and O–H groups in total. The van der Waals surface area contributed by atoms with Gasteiger partial charge in [0.25, 0.3) is 0 Å². The van der Waals surface area contributed by atoms with Crippen LogP contribution in [0.1, 0.15) is 0 Å². The van der Waals surface area contributed by atoms with E-state index in [0.717, 1.165) is 0 Å². The van der Waals surface area contributed by atoms with Crippen molar-refractivity contribution >= 4 is 34.1 Å². The van der Waals surface area contributed by atoms with Gasteiger partial charge in [-0.05, 0) is 24.3 Å². The molecule has 19 heavy (non-hydrogen) atoms. The molecule has 0 saturated heterocycles. The van der Waals surface area contributed by atoms with Crippen LogP contribution in [0.15, 0.2) is 42.5 Å². The van der Waals surface area contributed by atoms with Crippen LogP contribution < -0.4 is 0 Å². The normalized spacial score (nSPS) is 10.9. The van der Waals surface area contributed by atoms with Gasteiger partial charge in [-0.3, -0.25) is 0 Å². The Labute approximate surface area is 118 Å². The lowest BCUT2D eigenvalue weighted by atomic mass is 10.2. The van der Waals surface area contributed by atoms with Gasteiger partial charge in [0, 0.05) is 0 Å². The van der Waals surface area contributed by atoms with E-state index in [1.807, 2.05) is 0 Å². The fourth-order valence-corrected chi connectivity index (χ4v) is 2.45. The lowest BCUT2D eigenvalue weighted by molar-refractivity contribution is 0.630. The van der Waals surface area contributed by atoms with Crippen molar-refractivity contribution in [3.63, 3.8) is 0 Å². The summed E-state index contributed by atoms with van der Waals surface area (Å²) in [6, 6.07) is 11.5. The van der Waals surface area contributed by atoms with Crippen molar-refractivity contribution < 1.29 is 4.39 Å². The molecule has 5 heteroatoms. The highest BCUT2D eigenvalue weighted by atomic mass is 35.5. The van der Waals surface area contributed by atoms with Crippen molar-refractivity contribution in [2.75, 3.05) is 0 Å². The summed E-state index contributed by atoms with van der Waals surface area (Å²) in [7, 11) is 0. The molecule has 0 aliphatic carbocycles. The van der Waals surface area contributed by atoms with Gasteiger partial charge < -0.3 is 0 Å². The third kappa shape index (κ3) is 2.15. The third-order valence-electron chi connectivity index (χ3n) is 2.74. The van der Waals surface area contributed by atoms with Crippen LogP contribution in [0.25, 0.3) is 22.3 Å². The maximum Gasteiger partial charge on any atom is 0.164 e. The standard InChI is InChI=1S/C14H7Cl2FN2/c15-9-5-3-7-11-12(9)13(16)19-14(18-11)8-4-1-2-6-10(8)17/h1-7H. The molecule has 0 saturated carbocycles. The second-order valence-corrected chi connectivity index (χ2v) is 4.72. The highest BCUT2D eigenvalue weighted by molar-refractivity contribution is 6.41. The molecule has 3 rings (SSSR count). The fourth-order valence-electron chi connectivity index (χ4n) is 1.86. The summed E-state index contributed by atoms with van der Waals surface area (Å²) in [6.07, 6.45) is 0. The molecule has 0 radical (unpaired) electrons. The molecule has 0 aliphatic heterocycles. The minimum absolute atomic E-state index is 0.217. The summed E-state index contributed by atoms with van der Waals surface area (Å²) in [5.41, 5.74) is 0.900. The molecule has 94 valence electrons. The smallest absolute Gasteiger partial charge is 0.164 e. The first-order chi connectivity index (χ1) is 9.16. The first-order valence-electron chi connectivity index (χ1n) is 5.53. The Balaban J connectivity index is 2.31. The van der Waals surface area contributed by atoms with E-state index in [-0.39, 0.29) is 16.8 Å². The zero-order chi connectivity index (χ0) is 13.4. The van der Waals surface area contributed by atoms with Gasteiger partial charge in [-0.1, -0.05) is 41.4 Å². The summed E-state index contributed by atoms with van der Waals surface area (Å²) < 4.78 is 13.7. The van der Waals surface area contributed by atoms with E-state index in [1.54, 1.807) is 36.4 Å². The first kappa shape index (κ1) is 12.3. The van der Waals surface area contributed by atoms with Crippen molar-refractivity contribution in [2.45, 2.75) is 0 Å². The van der Waals surface area contributed by atoms with Gasteiger partial charge >= 0.3 is 0 Å². The number of halogens is 3. The molecule has 2 aromatic carbocycles. The average molecular weight is 293 g/mol. The molecular weight excluding hydrogens is 286 g/mol. The molecule has 0 aliphatic rings. The first-order valence-corrected chi connectivity index (χ1v) is 6.29. The Morgan fingerprint density at radius 1 is 0.895 bits per heavy atom. The molecule has 0 spiro atoms. The van der Waals surface area contributed by atoms with Crippen LogP contribution in [0.2, 0.25) is 10.2 Å². The summed E-state index contributed by atoms with van der Waals surface area (Å²) in [4.78, 5) is 8.43. The van der Waals surface area contributed by atoms with E-state index in [9.17, 15) is 4.39 Å². The van der Waals surface area contributed by atoms with E-state index >= 15 is 0 Å². The number of hydrogen-bond donors (Lipinski definition) is 0. The molecule has 2 nitrogen and oxygen atoms in total. The van der Waals surface area contributed by atoms with Gasteiger partial charge in [0.05, 0.1) is 21.5 Å². The van der Waals surface area contributed by atoms with Crippen LogP contribution in [0.5, 0.6) is 0 Å². The molecule has 0 unspecified atom stereocenters. The van der Waals surface area contributed by atoms with Gasteiger partial charge in [0.2, 0.25) is 0 Å². The molecule has 0 bridgehead atoms. The van der Waals surface area contributed by atoms with Crippen molar-refractivity contribution in [1.82, 2.24) is 9.97 Å². The molecule has 3 aromatic rings. The number of aromatic nitrogens is 2. The van der Waals surface area contributed by atoms with Gasteiger partial charge in [-0.25, -0.2) is 14.4 Å². The largest absolute Gasteiger partial charge is 0.228 e. The SMILES string of the molecule is Fc1ccccc1-c1nc(Cl)c2c(Cl)cccc2n1. The number of fused-ring (bicyclic) bond motifs is 1. The summed E-state index contributed by atoms with van der Waals surface area (Å²) >= 11 is 12.2. The van der Waals surface area contributed by atoms with Gasteiger partial charge in [-0.2, -0.15) is 0 Å². The van der Waals surface area contributed by atoms with Gasteiger partial charge in [0.1, 0.15) is 11.0 Å². The lowest BCUT2D eigenvalue weighted by Crippen LogP contribution is -1.94. The zero-order valence-electron chi connectivity index (χ0n) is 9.57. The molecule has 0 fully saturated rings. The van der Waals surface area contributed by atoms with Crippen LogP contribution in [-0.2, 0) is 0 Å². The Hall–Kier alpha value is -1.71.